The summed E-state index contributed by atoms with van der Waals surface area (Å²) in [5, 5.41) is 7.31. The zero-order valence-corrected chi connectivity index (χ0v) is 11.9. The van der Waals surface area contributed by atoms with Crippen molar-refractivity contribution < 1.29 is 0 Å². The van der Waals surface area contributed by atoms with Crippen molar-refractivity contribution in [3.8, 4) is 0 Å². The molecule has 0 amide bonds. The Balaban J connectivity index is 2.01. The van der Waals surface area contributed by atoms with Crippen LogP contribution in [0.2, 0.25) is 0 Å². The molecule has 2 unspecified atom stereocenters. The molecule has 2 nitrogen and oxygen atoms in total. The van der Waals surface area contributed by atoms with Gasteiger partial charge in [0, 0.05) is 18.6 Å². The van der Waals surface area contributed by atoms with Gasteiger partial charge in [0.25, 0.3) is 0 Å². The minimum absolute atomic E-state index is 0.236. The topological polar surface area (TPSA) is 24.1 Å². The summed E-state index contributed by atoms with van der Waals surface area (Å²) < 4.78 is 0. The van der Waals surface area contributed by atoms with Crippen molar-refractivity contribution in [2.75, 3.05) is 13.1 Å². The fourth-order valence-corrected chi connectivity index (χ4v) is 2.76. The van der Waals surface area contributed by atoms with Crippen LogP contribution in [0, 0.1) is 5.41 Å². The molecule has 0 spiro atoms. The molecule has 0 saturated carbocycles. The minimum atomic E-state index is 0.236. The van der Waals surface area contributed by atoms with Gasteiger partial charge in [-0.25, -0.2) is 0 Å². The van der Waals surface area contributed by atoms with Crippen molar-refractivity contribution in [3.63, 3.8) is 0 Å². The first-order valence-electron chi connectivity index (χ1n) is 7.09. The summed E-state index contributed by atoms with van der Waals surface area (Å²) in [6, 6.07) is 11.9. The molecular weight excluding hydrogens is 220 g/mol. The number of hydrogen-bond acceptors (Lipinski definition) is 2. The summed E-state index contributed by atoms with van der Waals surface area (Å²) in [5.74, 6) is 0. The van der Waals surface area contributed by atoms with Gasteiger partial charge in [0.15, 0.2) is 0 Å². The average molecular weight is 246 g/mol. The van der Waals surface area contributed by atoms with Gasteiger partial charge in [-0.2, -0.15) is 0 Å². The maximum atomic E-state index is 3.76. The predicted molar refractivity (Wildman–Crippen MR) is 77.7 cm³/mol. The first-order valence-corrected chi connectivity index (χ1v) is 7.09. The van der Waals surface area contributed by atoms with Gasteiger partial charge in [0.2, 0.25) is 0 Å². The molecule has 1 saturated heterocycles. The van der Waals surface area contributed by atoms with Crippen LogP contribution in [0.4, 0.5) is 0 Å². The van der Waals surface area contributed by atoms with E-state index in [1.54, 1.807) is 0 Å². The second-order valence-electron chi connectivity index (χ2n) is 6.41. The highest BCUT2D eigenvalue weighted by Crippen LogP contribution is 2.32. The quantitative estimate of drug-likeness (QED) is 0.853. The lowest BCUT2D eigenvalue weighted by atomic mass is 9.82. The second-order valence-corrected chi connectivity index (χ2v) is 6.41. The van der Waals surface area contributed by atoms with Gasteiger partial charge >= 0.3 is 0 Å². The molecule has 18 heavy (non-hydrogen) atoms. The molecule has 1 heterocycles. The monoisotopic (exact) mass is 246 g/mol. The molecule has 2 rings (SSSR count). The number of rotatable bonds is 4. The van der Waals surface area contributed by atoms with Gasteiger partial charge in [0.05, 0.1) is 0 Å². The first-order chi connectivity index (χ1) is 8.57. The summed E-state index contributed by atoms with van der Waals surface area (Å²) in [4.78, 5) is 0. The SMILES string of the molecule is CC(C)(C)C(NCC1CCCN1)c1ccccc1. The van der Waals surface area contributed by atoms with Gasteiger partial charge in [-0.15, -0.1) is 0 Å². The molecule has 100 valence electrons. The molecule has 1 aliphatic rings. The third-order valence-electron chi connectivity index (χ3n) is 3.73. The molecule has 0 bridgehead atoms. The van der Waals surface area contributed by atoms with Crippen LogP contribution in [0.15, 0.2) is 30.3 Å². The summed E-state index contributed by atoms with van der Waals surface area (Å²) in [5.41, 5.74) is 1.63. The maximum Gasteiger partial charge on any atom is 0.0369 e. The third-order valence-corrected chi connectivity index (χ3v) is 3.73. The zero-order valence-electron chi connectivity index (χ0n) is 11.9. The summed E-state index contributed by atoms with van der Waals surface area (Å²) >= 11 is 0. The lowest BCUT2D eigenvalue weighted by Gasteiger charge is -2.33. The van der Waals surface area contributed by atoms with Gasteiger partial charge < -0.3 is 10.6 Å². The number of benzene rings is 1. The van der Waals surface area contributed by atoms with E-state index in [2.05, 4.69) is 61.7 Å². The fraction of sp³-hybridized carbons (Fsp3) is 0.625. The molecule has 0 aliphatic carbocycles. The average Bonchev–Trinajstić information content (AvgIpc) is 2.82. The lowest BCUT2D eigenvalue weighted by Crippen LogP contribution is -2.40. The van der Waals surface area contributed by atoms with Crippen LogP contribution in [0.5, 0.6) is 0 Å². The van der Waals surface area contributed by atoms with E-state index in [0.29, 0.717) is 12.1 Å². The van der Waals surface area contributed by atoms with Crippen molar-refractivity contribution in [1.82, 2.24) is 10.6 Å². The highest BCUT2D eigenvalue weighted by molar-refractivity contribution is 5.20. The van der Waals surface area contributed by atoms with Crippen molar-refractivity contribution in [3.05, 3.63) is 35.9 Å². The van der Waals surface area contributed by atoms with E-state index in [1.807, 2.05) is 0 Å². The van der Waals surface area contributed by atoms with Crippen LogP contribution in [-0.2, 0) is 0 Å². The Kier molecular flexibility index (Phi) is 4.41. The Hall–Kier alpha value is -0.860. The lowest BCUT2D eigenvalue weighted by molar-refractivity contribution is 0.266. The number of hydrogen-bond donors (Lipinski definition) is 2. The van der Waals surface area contributed by atoms with Crippen LogP contribution < -0.4 is 10.6 Å². The summed E-state index contributed by atoms with van der Waals surface area (Å²) in [6.07, 6.45) is 2.62. The first kappa shape index (κ1) is 13.6. The van der Waals surface area contributed by atoms with Gasteiger partial charge in [0.1, 0.15) is 0 Å². The summed E-state index contributed by atoms with van der Waals surface area (Å²) in [6.45, 7) is 9.16. The largest absolute Gasteiger partial charge is 0.313 e. The van der Waals surface area contributed by atoms with E-state index >= 15 is 0 Å². The Morgan fingerprint density at radius 2 is 2.00 bits per heavy atom. The molecule has 2 atom stereocenters. The molecule has 1 fully saturated rings. The highest BCUT2D eigenvalue weighted by Gasteiger charge is 2.26. The van der Waals surface area contributed by atoms with E-state index < -0.39 is 0 Å². The van der Waals surface area contributed by atoms with E-state index in [1.165, 1.54) is 24.9 Å². The van der Waals surface area contributed by atoms with Crippen molar-refractivity contribution in [2.24, 2.45) is 5.41 Å². The van der Waals surface area contributed by atoms with Crippen LogP contribution in [0.1, 0.15) is 45.2 Å². The zero-order chi connectivity index (χ0) is 13.0. The third kappa shape index (κ3) is 3.56. The van der Waals surface area contributed by atoms with Crippen molar-refractivity contribution in [1.29, 1.82) is 0 Å². The normalized spacial score (nSPS) is 22.1. The highest BCUT2D eigenvalue weighted by atomic mass is 15.0. The smallest absolute Gasteiger partial charge is 0.0369 e. The summed E-state index contributed by atoms with van der Waals surface area (Å²) in [7, 11) is 0. The molecule has 2 heteroatoms. The Labute approximate surface area is 111 Å². The standard InChI is InChI=1S/C16H26N2/c1-16(2,3)15(13-8-5-4-6-9-13)18-12-14-10-7-11-17-14/h4-6,8-9,14-15,17-18H,7,10-12H2,1-3H3. The molecule has 1 aromatic carbocycles. The molecule has 1 aromatic rings. The van der Waals surface area contributed by atoms with Crippen LogP contribution in [0.25, 0.3) is 0 Å². The second kappa shape index (κ2) is 5.85. The molecule has 2 N–H and O–H groups in total. The van der Waals surface area contributed by atoms with E-state index in [0.717, 1.165) is 6.54 Å². The number of nitrogens with one attached hydrogen (secondary N) is 2. The molecule has 0 radical (unpaired) electrons. The van der Waals surface area contributed by atoms with Gasteiger partial charge in [-0.1, -0.05) is 51.1 Å². The molecule has 1 aliphatic heterocycles. The predicted octanol–water partition coefficient (Wildman–Crippen LogP) is 3.12. The maximum absolute atomic E-state index is 3.76. The minimum Gasteiger partial charge on any atom is -0.313 e. The Morgan fingerprint density at radius 3 is 2.56 bits per heavy atom. The fourth-order valence-electron chi connectivity index (χ4n) is 2.76. The molecular formula is C16H26N2. The van der Waals surface area contributed by atoms with Crippen molar-refractivity contribution >= 4 is 0 Å². The van der Waals surface area contributed by atoms with Gasteiger partial charge in [-0.05, 0) is 30.4 Å². The van der Waals surface area contributed by atoms with Crippen molar-refractivity contribution in [2.45, 2.75) is 45.7 Å². The Morgan fingerprint density at radius 1 is 1.28 bits per heavy atom. The molecule has 0 aromatic heterocycles. The van der Waals surface area contributed by atoms with Gasteiger partial charge in [-0.3, -0.25) is 0 Å². The van der Waals surface area contributed by atoms with E-state index in [4.69, 9.17) is 0 Å². The van der Waals surface area contributed by atoms with Crippen LogP contribution >= 0.6 is 0 Å². The van der Waals surface area contributed by atoms with Crippen LogP contribution in [0.3, 0.4) is 0 Å². The Bertz CT molecular complexity index is 347. The van der Waals surface area contributed by atoms with E-state index in [-0.39, 0.29) is 5.41 Å². The van der Waals surface area contributed by atoms with E-state index in [9.17, 15) is 0 Å². The van der Waals surface area contributed by atoms with Crippen LogP contribution in [-0.4, -0.2) is 19.1 Å².